The maximum absolute atomic E-state index is 12.1. The second-order valence-corrected chi connectivity index (χ2v) is 6.42. The molecule has 0 saturated heterocycles. The fourth-order valence-corrected chi connectivity index (χ4v) is 2.06. The maximum Gasteiger partial charge on any atom is 0.338 e. The van der Waals surface area contributed by atoms with Crippen LogP contribution in [0.2, 0.25) is 0 Å². The standard InChI is InChI=1S/C18H26O4/c1-12(2)9-14(5)22-18(20)16-8-6-7-15(10-16)17(19)21-11-13(3)4/h6-8,10,12-14H,9,11H2,1-5H3. The molecule has 0 bridgehead atoms. The molecule has 0 heterocycles. The summed E-state index contributed by atoms with van der Waals surface area (Å²) < 4.78 is 10.6. The summed E-state index contributed by atoms with van der Waals surface area (Å²) in [6.45, 7) is 10.3. The molecule has 0 amide bonds. The highest BCUT2D eigenvalue weighted by molar-refractivity contribution is 5.95. The zero-order chi connectivity index (χ0) is 16.7. The molecule has 0 fully saturated rings. The molecular weight excluding hydrogens is 280 g/mol. The Morgan fingerprint density at radius 1 is 0.955 bits per heavy atom. The summed E-state index contributed by atoms with van der Waals surface area (Å²) in [5.41, 5.74) is 0.737. The predicted octanol–water partition coefficient (Wildman–Crippen LogP) is 4.09. The summed E-state index contributed by atoms with van der Waals surface area (Å²) in [5.74, 6) is -0.0978. The SMILES string of the molecule is CC(C)COC(=O)c1cccc(C(=O)OC(C)CC(C)C)c1. The van der Waals surface area contributed by atoms with Crippen molar-refractivity contribution in [2.75, 3.05) is 6.61 Å². The quantitative estimate of drug-likeness (QED) is 0.712. The van der Waals surface area contributed by atoms with E-state index in [1.165, 1.54) is 6.07 Å². The lowest BCUT2D eigenvalue weighted by Crippen LogP contribution is -2.17. The molecule has 0 radical (unpaired) electrons. The van der Waals surface area contributed by atoms with E-state index in [2.05, 4.69) is 13.8 Å². The van der Waals surface area contributed by atoms with Gasteiger partial charge in [-0.2, -0.15) is 0 Å². The molecular formula is C18H26O4. The second-order valence-electron chi connectivity index (χ2n) is 6.42. The molecule has 0 saturated carbocycles. The van der Waals surface area contributed by atoms with Crippen LogP contribution in [0.15, 0.2) is 24.3 Å². The van der Waals surface area contributed by atoms with Gasteiger partial charge >= 0.3 is 11.9 Å². The smallest absolute Gasteiger partial charge is 0.338 e. The van der Waals surface area contributed by atoms with Gasteiger partial charge in [-0.05, 0) is 43.4 Å². The number of rotatable bonds is 7. The van der Waals surface area contributed by atoms with Gasteiger partial charge in [0.25, 0.3) is 0 Å². The van der Waals surface area contributed by atoms with E-state index < -0.39 is 11.9 Å². The summed E-state index contributed by atoms with van der Waals surface area (Å²) >= 11 is 0. The first-order chi connectivity index (χ1) is 10.3. The highest BCUT2D eigenvalue weighted by Crippen LogP contribution is 2.13. The lowest BCUT2D eigenvalue weighted by Gasteiger charge is -2.15. The van der Waals surface area contributed by atoms with Crippen molar-refractivity contribution < 1.29 is 19.1 Å². The predicted molar refractivity (Wildman–Crippen MR) is 85.9 cm³/mol. The lowest BCUT2D eigenvalue weighted by molar-refractivity contribution is 0.0299. The maximum atomic E-state index is 12.1. The van der Waals surface area contributed by atoms with Gasteiger partial charge in [-0.3, -0.25) is 0 Å². The van der Waals surface area contributed by atoms with Crippen molar-refractivity contribution in [2.45, 2.75) is 47.1 Å². The van der Waals surface area contributed by atoms with E-state index in [1.54, 1.807) is 18.2 Å². The third-order valence-corrected chi connectivity index (χ3v) is 2.99. The van der Waals surface area contributed by atoms with Gasteiger partial charge < -0.3 is 9.47 Å². The van der Waals surface area contributed by atoms with E-state index in [-0.39, 0.29) is 12.0 Å². The van der Waals surface area contributed by atoms with Crippen molar-refractivity contribution in [1.29, 1.82) is 0 Å². The Bertz CT molecular complexity index is 506. The van der Waals surface area contributed by atoms with Crippen LogP contribution in [0.3, 0.4) is 0 Å². The molecule has 22 heavy (non-hydrogen) atoms. The van der Waals surface area contributed by atoms with Crippen molar-refractivity contribution >= 4 is 11.9 Å². The summed E-state index contributed by atoms with van der Waals surface area (Å²) in [6, 6.07) is 6.46. The van der Waals surface area contributed by atoms with E-state index in [0.29, 0.717) is 23.7 Å². The number of carbonyl (C=O) groups is 2. The van der Waals surface area contributed by atoms with Crippen LogP contribution < -0.4 is 0 Å². The first kappa shape index (κ1) is 18.2. The van der Waals surface area contributed by atoms with E-state index in [1.807, 2.05) is 20.8 Å². The zero-order valence-electron chi connectivity index (χ0n) is 14.1. The first-order valence-corrected chi connectivity index (χ1v) is 7.77. The highest BCUT2D eigenvalue weighted by Gasteiger charge is 2.16. The average Bonchev–Trinajstić information content (AvgIpc) is 2.43. The van der Waals surface area contributed by atoms with Crippen molar-refractivity contribution in [3.05, 3.63) is 35.4 Å². The molecule has 0 aromatic heterocycles. The highest BCUT2D eigenvalue weighted by atomic mass is 16.5. The molecule has 0 aliphatic heterocycles. The summed E-state index contributed by atoms with van der Waals surface area (Å²) in [7, 11) is 0. The van der Waals surface area contributed by atoms with Gasteiger partial charge in [0.2, 0.25) is 0 Å². The van der Waals surface area contributed by atoms with Crippen molar-refractivity contribution in [3.63, 3.8) is 0 Å². The molecule has 1 atom stereocenters. The molecule has 4 heteroatoms. The molecule has 0 aliphatic rings. The molecule has 122 valence electrons. The van der Waals surface area contributed by atoms with Crippen molar-refractivity contribution in [2.24, 2.45) is 11.8 Å². The summed E-state index contributed by atoms with van der Waals surface area (Å²) in [6.07, 6.45) is 0.658. The van der Waals surface area contributed by atoms with Crippen LogP contribution in [-0.2, 0) is 9.47 Å². The number of carbonyl (C=O) groups excluding carboxylic acids is 2. The van der Waals surface area contributed by atoms with Crippen LogP contribution in [-0.4, -0.2) is 24.6 Å². The molecule has 1 aromatic rings. The van der Waals surface area contributed by atoms with Gasteiger partial charge in [-0.1, -0.05) is 33.8 Å². The molecule has 0 N–H and O–H groups in total. The third kappa shape index (κ3) is 6.29. The Hall–Kier alpha value is -1.84. The van der Waals surface area contributed by atoms with Gasteiger partial charge in [0.05, 0.1) is 23.8 Å². The average molecular weight is 306 g/mol. The zero-order valence-corrected chi connectivity index (χ0v) is 14.1. The van der Waals surface area contributed by atoms with Gasteiger partial charge in [-0.25, -0.2) is 9.59 Å². The number of ether oxygens (including phenoxy) is 2. The lowest BCUT2D eigenvalue weighted by atomic mass is 10.1. The Kier molecular flexibility index (Phi) is 7.09. The molecule has 0 aliphatic carbocycles. The van der Waals surface area contributed by atoms with Gasteiger partial charge in [0, 0.05) is 0 Å². The van der Waals surface area contributed by atoms with Crippen LogP contribution in [0.1, 0.15) is 61.8 Å². The minimum absolute atomic E-state index is 0.149. The largest absolute Gasteiger partial charge is 0.462 e. The Morgan fingerprint density at radius 2 is 1.55 bits per heavy atom. The van der Waals surface area contributed by atoms with Crippen LogP contribution in [0.4, 0.5) is 0 Å². The molecule has 4 nitrogen and oxygen atoms in total. The van der Waals surface area contributed by atoms with Gasteiger partial charge in [0.1, 0.15) is 0 Å². The van der Waals surface area contributed by atoms with Crippen LogP contribution >= 0.6 is 0 Å². The van der Waals surface area contributed by atoms with Gasteiger partial charge in [0.15, 0.2) is 0 Å². The Balaban J connectivity index is 2.70. The third-order valence-electron chi connectivity index (χ3n) is 2.99. The number of benzene rings is 1. The van der Waals surface area contributed by atoms with Crippen LogP contribution in [0.5, 0.6) is 0 Å². The minimum Gasteiger partial charge on any atom is -0.462 e. The normalized spacial score (nSPS) is 12.3. The molecule has 1 aromatic carbocycles. The number of esters is 2. The fourth-order valence-electron chi connectivity index (χ4n) is 2.06. The van der Waals surface area contributed by atoms with E-state index in [0.717, 1.165) is 6.42 Å². The van der Waals surface area contributed by atoms with Crippen molar-refractivity contribution in [3.8, 4) is 0 Å². The van der Waals surface area contributed by atoms with Gasteiger partial charge in [-0.15, -0.1) is 0 Å². The molecule has 1 unspecified atom stereocenters. The molecule has 1 rings (SSSR count). The molecule has 0 spiro atoms. The van der Waals surface area contributed by atoms with Crippen molar-refractivity contribution in [1.82, 2.24) is 0 Å². The van der Waals surface area contributed by atoms with E-state index >= 15 is 0 Å². The second kappa shape index (κ2) is 8.57. The first-order valence-electron chi connectivity index (χ1n) is 7.77. The monoisotopic (exact) mass is 306 g/mol. The number of hydrogen-bond acceptors (Lipinski definition) is 4. The summed E-state index contributed by atoms with van der Waals surface area (Å²) in [4.78, 5) is 24.0. The minimum atomic E-state index is -0.418. The Labute approximate surface area is 132 Å². The summed E-state index contributed by atoms with van der Waals surface area (Å²) in [5, 5.41) is 0. The van der Waals surface area contributed by atoms with E-state index in [4.69, 9.17) is 9.47 Å². The van der Waals surface area contributed by atoms with E-state index in [9.17, 15) is 9.59 Å². The topological polar surface area (TPSA) is 52.6 Å². The Morgan fingerprint density at radius 3 is 2.09 bits per heavy atom. The number of hydrogen-bond donors (Lipinski definition) is 0. The van der Waals surface area contributed by atoms with Crippen LogP contribution in [0, 0.1) is 11.8 Å². The fraction of sp³-hybridized carbons (Fsp3) is 0.556. The van der Waals surface area contributed by atoms with Crippen LogP contribution in [0.25, 0.3) is 0 Å².